The van der Waals surface area contributed by atoms with Crippen LogP contribution in [-0.2, 0) is 0 Å². The van der Waals surface area contributed by atoms with Crippen molar-refractivity contribution < 1.29 is 22.0 Å². The lowest BCUT2D eigenvalue weighted by Gasteiger charge is -2.18. The van der Waals surface area contributed by atoms with E-state index in [1.807, 2.05) is 31.2 Å². The van der Waals surface area contributed by atoms with Crippen molar-refractivity contribution in [3.05, 3.63) is 54.1 Å². The second kappa shape index (κ2) is 6.50. The van der Waals surface area contributed by atoms with Crippen molar-refractivity contribution >= 4 is 23.5 Å². The molecule has 0 unspecified atom stereocenters. The molecule has 0 atom stereocenters. The quantitative estimate of drug-likeness (QED) is 0.463. The number of benzene rings is 2. The van der Waals surface area contributed by atoms with Crippen LogP contribution in [0.2, 0.25) is 0 Å². The van der Waals surface area contributed by atoms with Crippen molar-refractivity contribution in [3.8, 4) is 0 Å². The Hall–Kier alpha value is -1.21. The molecule has 22 heavy (non-hydrogen) atoms. The SMILES string of the molecule is Cc1ccc(Sc2ccc(SC(F)(F)C(F)(F)F)cc2)cc1. The minimum Gasteiger partial charge on any atom is -0.183 e. The van der Waals surface area contributed by atoms with Crippen LogP contribution in [0.1, 0.15) is 5.56 Å². The number of rotatable bonds is 4. The van der Waals surface area contributed by atoms with Crippen LogP contribution < -0.4 is 0 Å². The van der Waals surface area contributed by atoms with E-state index in [9.17, 15) is 22.0 Å². The Balaban J connectivity index is 2.06. The van der Waals surface area contributed by atoms with Gasteiger partial charge in [-0.15, -0.1) is 0 Å². The maximum atomic E-state index is 12.9. The Morgan fingerprint density at radius 2 is 1.09 bits per heavy atom. The van der Waals surface area contributed by atoms with Gasteiger partial charge in [-0.3, -0.25) is 0 Å². The van der Waals surface area contributed by atoms with Gasteiger partial charge in [0.2, 0.25) is 0 Å². The van der Waals surface area contributed by atoms with E-state index >= 15 is 0 Å². The Morgan fingerprint density at radius 1 is 0.682 bits per heavy atom. The molecular weight excluding hydrogens is 339 g/mol. The molecule has 0 amide bonds. The van der Waals surface area contributed by atoms with Crippen LogP contribution in [0.4, 0.5) is 22.0 Å². The number of aryl methyl sites for hydroxylation is 1. The minimum absolute atomic E-state index is 0.129. The maximum Gasteiger partial charge on any atom is 0.464 e. The maximum absolute atomic E-state index is 12.9. The van der Waals surface area contributed by atoms with Crippen molar-refractivity contribution in [2.45, 2.75) is 33.0 Å². The third-order valence-electron chi connectivity index (χ3n) is 2.66. The number of halogens is 5. The highest BCUT2D eigenvalue weighted by atomic mass is 32.2. The van der Waals surface area contributed by atoms with E-state index in [4.69, 9.17) is 0 Å². The summed E-state index contributed by atoms with van der Waals surface area (Å²) in [4.78, 5) is 1.60. The van der Waals surface area contributed by atoms with Gasteiger partial charge in [-0.25, -0.2) is 0 Å². The lowest BCUT2D eigenvalue weighted by molar-refractivity contribution is -0.237. The number of hydrogen-bond donors (Lipinski definition) is 0. The van der Waals surface area contributed by atoms with E-state index in [1.54, 1.807) is 0 Å². The van der Waals surface area contributed by atoms with E-state index in [0.717, 1.165) is 15.4 Å². The summed E-state index contributed by atoms with van der Waals surface area (Å²) in [6, 6.07) is 13.3. The molecule has 0 heterocycles. The van der Waals surface area contributed by atoms with Crippen molar-refractivity contribution in [1.29, 1.82) is 0 Å². The Labute approximate surface area is 133 Å². The number of thioether (sulfide) groups is 1. The van der Waals surface area contributed by atoms with Gasteiger partial charge in [-0.2, -0.15) is 22.0 Å². The van der Waals surface area contributed by atoms with Crippen molar-refractivity contribution in [2.24, 2.45) is 0 Å². The number of alkyl halides is 5. The van der Waals surface area contributed by atoms with Crippen LogP contribution in [0.25, 0.3) is 0 Å². The highest BCUT2D eigenvalue weighted by molar-refractivity contribution is 8.00. The average molecular weight is 350 g/mol. The molecule has 0 nitrogen and oxygen atoms in total. The summed E-state index contributed by atoms with van der Waals surface area (Å²) in [7, 11) is 0. The molecule has 118 valence electrons. The fraction of sp³-hybridized carbons (Fsp3) is 0.200. The largest absolute Gasteiger partial charge is 0.464 e. The molecule has 7 heteroatoms. The van der Waals surface area contributed by atoms with Gasteiger partial charge in [-0.1, -0.05) is 29.5 Å². The summed E-state index contributed by atoms with van der Waals surface area (Å²) in [5.41, 5.74) is 1.12. The molecule has 0 aromatic heterocycles. The molecule has 0 aliphatic carbocycles. The summed E-state index contributed by atoms with van der Waals surface area (Å²) in [5, 5.41) is -4.79. The first-order valence-electron chi connectivity index (χ1n) is 6.15. The predicted molar refractivity (Wildman–Crippen MR) is 78.6 cm³/mol. The third kappa shape index (κ3) is 4.39. The van der Waals surface area contributed by atoms with E-state index in [0.29, 0.717) is 0 Å². The van der Waals surface area contributed by atoms with Crippen molar-refractivity contribution in [1.82, 2.24) is 0 Å². The first-order valence-corrected chi connectivity index (χ1v) is 7.79. The molecular formula is C15H11F5S2. The normalized spacial score (nSPS) is 12.5. The first kappa shape index (κ1) is 17.1. The lowest BCUT2D eigenvalue weighted by atomic mass is 10.2. The molecule has 0 bridgehead atoms. The van der Waals surface area contributed by atoms with Gasteiger partial charge in [0.25, 0.3) is 0 Å². The molecule has 0 N–H and O–H groups in total. The fourth-order valence-electron chi connectivity index (χ4n) is 1.52. The van der Waals surface area contributed by atoms with Gasteiger partial charge >= 0.3 is 11.4 Å². The van der Waals surface area contributed by atoms with Crippen LogP contribution in [0.5, 0.6) is 0 Å². The van der Waals surface area contributed by atoms with E-state index in [1.165, 1.54) is 36.0 Å². The molecule has 0 saturated carbocycles. The summed E-state index contributed by atoms with van der Waals surface area (Å²) in [5.74, 6) is 0. The zero-order valence-electron chi connectivity index (χ0n) is 11.3. The second-order valence-electron chi connectivity index (χ2n) is 4.50. The van der Waals surface area contributed by atoms with Crippen LogP contribution in [0.3, 0.4) is 0 Å². The monoisotopic (exact) mass is 350 g/mol. The van der Waals surface area contributed by atoms with Crippen molar-refractivity contribution in [2.75, 3.05) is 0 Å². The molecule has 0 spiro atoms. The van der Waals surface area contributed by atoms with E-state index < -0.39 is 23.2 Å². The fourth-order valence-corrected chi connectivity index (χ4v) is 3.02. The molecule has 2 rings (SSSR count). The van der Waals surface area contributed by atoms with Gasteiger partial charge in [0, 0.05) is 14.7 Å². The standard InChI is InChI=1S/C15H11F5S2/c1-10-2-4-11(5-3-10)21-12-6-8-13(9-7-12)22-15(19,20)14(16,17)18/h2-9H,1H3. The zero-order chi connectivity index (χ0) is 16.4. The molecule has 0 saturated heterocycles. The predicted octanol–water partition coefficient (Wildman–Crippen LogP) is 6.39. The second-order valence-corrected chi connectivity index (χ2v) is 6.84. The molecule has 2 aromatic rings. The zero-order valence-corrected chi connectivity index (χ0v) is 13.0. The molecule has 0 radical (unpaired) electrons. The summed E-state index contributed by atoms with van der Waals surface area (Å²) in [6.07, 6.45) is -5.56. The molecule has 0 fully saturated rings. The van der Waals surface area contributed by atoms with Gasteiger partial charge in [0.05, 0.1) is 0 Å². The minimum atomic E-state index is -5.56. The highest BCUT2D eigenvalue weighted by Gasteiger charge is 2.58. The van der Waals surface area contributed by atoms with Crippen LogP contribution in [-0.4, -0.2) is 11.4 Å². The Kier molecular flexibility index (Phi) is 5.07. The highest BCUT2D eigenvalue weighted by Crippen LogP contribution is 2.47. The Bertz CT molecular complexity index is 618. The number of hydrogen-bond acceptors (Lipinski definition) is 2. The van der Waals surface area contributed by atoms with Crippen molar-refractivity contribution in [3.63, 3.8) is 0 Å². The van der Waals surface area contributed by atoms with Crippen LogP contribution in [0.15, 0.2) is 63.2 Å². The summed E-state index contributed by atoms with van der Waals surface area (Å²) < 4.78 is 62.3. The Morgan fingerprint density at radius 3 is 1.55 bits per heavy atom. The topological polar surface area (TPSA) is 0 Å². The molecule has 0 aliphatic heterocycles. The summed E-state index contributed by atoms with van der Waals surface area (Å²) >= 11 is 0.912. The molecule has 2 aromatic carbocycles. The van der Waals surface area contributed by atoms with Gasteiger partial charge in [0.1, 0.15) is 0 Å². The van der Waals surface area contributed by atoms with Crippen LogP contribution >= 0.6 is 23.5 Å². The molecule has 0 aliphatic rings. The third-order valence-corrected chi connectivity index (χ3v) is 4.67. The van der Waals surface area contributed by atoms with Gasteiger partial charge in [-0.05, 0) is 55.1 Å². The van der Waals surface area contributed by atoms with E-state index in [-0.39, 0.29) is 4.90 Å². The van der Waals surface area contributed by atoms with Gasteiger partial charge in [0.15, 0.2) is 0 Å². The van der Waals surface area contributed by atoms with Gasteiger partial charge < -0.3 is 0 Å². The van der Waals surface area contributed by atoms with E-state index in [2.05, 4.69) is 0 Å². The lowest BCUT2D eigenvalue weighted by Crippen LogP contribution is -2.32. The average Bonchev–Trinajstić information content (AvgIpc) is 2.42. The first-order chi connectivity index (χ1) is 10.2. The summed E-state index contributed by atoms with van der Waals surface area (Å²) in [6.45, 7) is 1.96. The van der Waals surface area contributed by atoms with Crippen LogP contribution in [0, 0.1) is 6.92 Å². The smallest absolute Gasteiger partial charge is 0.183 e.